The van der Waals surface area contributed by atoms with Crippen molar-refractivity contribution >= 4 is 11.7 Å². The summed E-state index contributed by atoms with van der Waals surface area (Å²) in [5.41, 5.74) is 12.6. The lowest BCUT2D eigenvalue weighted by atomic mass is 10.2. The van der Waals surface area contributed by atoms with Crippen molar-refractivity contribution in [3.8, 4) is 0 Å². The molecule has 1 aromatic rings. The fourth-order valence-corrected chi connectivity index (χ4v) is 1.04. The molecule has 0 saturated carbocycles. The van der Waals surface area contributed by atoms with Crippen molar-refractivity contribution in [1.29, 1.82) is 0 Å². The summed E-state index contributed by atoms with van der Waals surface area (Å²) in [4.78, 5) is 10.5. The van der Waals surface area contributed by atoms with Gasteiger partial charge in [-0.3, -0.25) is 10.9 Å². The van der Waals surface area contributed by atoms with E-state index in [1.807, 2.05) is 19.2 Å². The summed E-state index contributed by atoms with van der Waals surface area (Å²) in [6, 6.07) is 6.88. The lowest BCUT2D eigenvalue weighted by Crippen LogP contribution is -2.26. The van der Waals surface area contributed by atoms with Crippen LogP contribution in [0.15, 0.2) is 24.3 Å². The van der Waals surface area contributed by atoms with Crippen LogP contribution in [-0.2, 0) is 6.54 Å². The van der Waals surface area contributed by atoms with Gasteiger partial charge < -0.3 is 11.1 Å². The van der Waals surface area contributed by atoms with Gasteiger partial charge in [-0.25, -0.2) is 4.79 Å². The molecule has 5 nitrogen and oxygen atoms in total. The fourth-order valence-electron chi connectivity index (χ4n) is 1.04. The van der Waals surface area contributed by atoms with Crippen LogP contribution in [0.25, 0.3) is 0 Å². The molecule has 0 aliphatic heterocycles. The van der Waals surface area contributed by atoms with Crippen LogP contribution in [0, 0.1) is 0 Å². The maximum Gasteiger partial charge on any atom is 0.316 e. The van der Waals surface area contributed by atoms with E-state index in [0.717, 1.165) is 12.1 Å². The van der Waals surface area contributed by atoms with Crippen molar-refractivity contribution in [2.45, 2.75) is 6.54 Å². The highest BCUT2D eigenvalue weighted by atomic mass is 16.2. The molecule has 0 heterocycles. The first-order valence-corrected chi connectivity index (χ1v) is 4.27. The van der Waals surface area contributed by atoms with E-state index in [1.54, 1.807) is 12.1 Å². The molecule has 0 atom stereocenters. The maximum atomic E-state index is 10.5. The Balaban J connectivity index is 2.54. The Morgan fingerprint density at radius 3 is 2.50 bits per heavy atom. The molecule has 14 heavy (non-hydrogen) atoms. The Kier molecular flexibility index (Phi) is 3.90. The molecule has 0 radical (unpaired) electrons. The lowest BCUT2D eigenvalue weighted by molar-refractivity contribution is 0.259. The molecule has 0 aliphatic carbocycles. The van der Waals surface area contributed by atoms with Gasteiger partial charge in [0.05, 0.1) is 0 Å². The molecule has 76 valence electrons. The van der Waals surface area contributed by atoms with Crippen LogP contribution in [0.3, 0.4) is 0 Å². The quantitative estimate of drug-likeness (QED) is 0.524. The fraction of sp³-hybridized carbons (Fsp3) is 0.222. The first-order chi connectivity index (χ1) is 6.72. The Morgan fingerprint density at radius 1 is 1.36 bits per heavy atom. The number of hydrazine groups is 1. The van der Waals surface area contributed by atoms with Gasteiger partial charge >= 0.3 is 6.03 Å². The zero-order chi connectivity index (χ0) is 10.4. The highest BCUT2D eigenvalue weighted by molar-refractivity contribution is 5.87. The predicted octanol–water partition coefficient (Wildman–Crippen LogP) is 0.401. The first kappa shape index (κ1) is 10.5. The molecule has 0 bridgehead atoms. The van der Waals surface area contributed by atoms with Crippen molar-refractivity contribution in [3.05, 3.63) is 29.8 Å². The molecule has 1 rings (SSSR count). The molecule has 0 unspecified atom stereocenters. The van der Waals surface area contributed by atoms with Crippen LogP contribution in [0.5, 0.6) is 0 Å². The van der Waals surface area contributed by atoms with Gasteiger partial charge in [-0.2, -0.15) is 0 Å². The van der Waals surface area contributed by atoms with E-state index in [2.05, 4.69) is 16.2 Å². The Hall–Kier alpha value is -1.59. The van der Waals surface area contributed by atoms with Crippen molar-refractivity contribution in [2.75, 3.05) is 12.4 Å². The number of nitrogens with one attached hydrogen (secondary N) is 3. The van der Waals surface area contributed by atoms with Crippen LogP contribution < -0.4 is 21.9 Å². The molecule has 5 heteroatoms. The molecular weight excluding hydrogens is 180 g/mol. The van der Waals surface area contributed by atoms with E-state index < -0.39 is 6.03 Å². The third kappa shape index (κ3) is 3.42. The molecule has 0 aliphatic rings. The van der Waals surface area contributed by atoms with Gasteiger partial charge in [0.15, 0.2) is 0 Å². The molecule has 2 amide bonds. The van der Waals surface area contributed by atoms with E-state index >= 15 is 0 Å². The van der Waals surface area contributed by atoms with Crippen molar-refractivity contribution < 1.29 is 4.79 Å². The molecule has 5 N–H and O–H groups in total. The largest absolute Gasteiger partial charge is 0.351 e. The zero-order valence-corrected chi connectivity index (χ0v) is 8.00. The van der Waals surface area contributed by atoms with Gasteiger partial charge in [0.25, 0.3) is 0 Å². The van der Waals surface area contributed by atoms with Crippen molar-refractivity contribution in [3.63, 3.8) is 0 Å². The molecule has 1 aromatic carbocycles. The smallest absolute Gasteiger partial charge is 0.316 e. The maximum absolute atomic E-state index is 10.5. The average molecular weight is 194 g/mol. The van der Waals surface area contributed by atoms with Crippen LogP contribution in [0.4, 0.5) is 10.5 Å². The topological polar surface area (TPSA) is 79.2 Å². The highest BCUT2D eigenvalue weighted by Crippen LogP contribution is 2.08. The van der Waals surface area contributed by atoms with E-state index in [4.69, 9.17) is 5.73 Å². The van der Waals surface area contributed by atoms with Gasteiger partial charge in [-0.05, 0) is 24.7 Å². The highest BCUT2D eigenvalue weighted by Gasteiger charge is 1.95. The van der Waals surface area contributed by atoms with E-state index in [0.29, 0.717) is 5.69 Å². The number of urea groups is 1. The molecule has 0 spiro atoms. The minimum absolute atomic E-state index is 0.550. The number of rotatable bonds is 4. The van der Waals surface area contributed by atoms with Crippen LogP contribution >= 0.6 is 0 Å². The third-order valence-corrected chi connectivity index (χ3v) is 1.69. The molecular formula is C9H14N4O. The number of benzene rings is 1. The summed E-state index contributed by atoms with van der Waals surface area (Å²) in [7, 11) is 1.81. The number of amides is 2. The number of carbonyl (C=O) groups is 1. The zero-order valence-electron chi connectivity index (χ0n) is 8.00. The summed E-state index contributed by atoms with van der Waals surface area (Å²) < 4.78 is 0. The summed E-state index contributed by atoms with van der Waals surface area (Å²) >= 11 is 0. The summed E-state index contributed by atoms with van der Waals surface area (Å²) in [5.74, 6) is 0. The average Bonchev–Trinajstić information content (AvgIpc) is 2.16. The number of hydrogen-bond acceptors (Lipinski definition) is 3. The number of hydrogen-bond donors (Lipinski definition) is 4. The summed E-state index contributed by atoms with van der Waals surface area (Å²) in [6.45, 7) is 0.730. The predicted molar refractivity (Wildman–Crippen MR) is 55.5 cm³/mol. The first-order valence-electron chi connectivity index (χ1n) is 4.27. The minimum atomic E-state index is -0.550. The normalized spacial score (nSPS) is 9.79. The molecule has 0 saturated heterocycles. The van der Waals surface area contributed by atoms with Crippen molar-refractivity contribution in [2.24, 2.45) is 5.73 Å². The second kappa shape index (κ2) is 5.21. The minimum Gasteiger partial charge on any atom is -0.351 e. The Labute approximate surface area is 82.6 Å². The number of nitrogens with two attached hydrogens (primary N) is 1. The SMILES string of the molecule is CNNCc1ccc(NC(N)=O)cc1. The van der Waals surface area contributed by atoms with Crippen LogP contribution in [-0.4, -0.2) is 13.1 Å². The van der Waals surface area contributed by atoms with E-state index in [-0.39, 0.29) is 0 Å². The second-order valence-corrected chi connectivity index (χ2v) is 2.79. The monoisotopic (exact) mass is 194 g/mol. The van der Waals surface area contributed by atoms with E-state index in [9.17, 15) is 4.79 Å². The van der Waals surface area contributed by atoms with Crippen LogP contribution in [0.1, 0.15) is 5.56 Å². The van der Waals surface area contributed by atoms with Gasteiger partial charge in [-0.15, -0.1) is 0 Å². The summed E-state index contributed by atoms with van der Waals surface area (Å²) in [5, 5.41) is 2.49. The lowest BCUT2D eigenvalue weighted by Gasteiger charge is -2.04. The van der Waals surface area contributed by atoms with E-state index in [1.165, 1.54) is 0 Å². The second-order valence-electron chi connectivity index (χ2n) is 2.79. The number of carbonyl (C=O) groups excluding carboxylic acids is 1. The van der Waals surface area contributed by atoms with Gasteiger partial charge in [0.2, 0.25) is 0 Å². The number of primary amides is 1. The van der Waals surface area contributed by atoms with Gasteiger partial charge in [-0.1, -0.05) is 12.1 Å². The van der Waals surface area contributed by atoms with Crippen LogP contribution in [0.2, 0.25) is 0 Å². The molecule has 0 aromatic heterocycles. The Bertz CT molecular complexity index is 296. The van der Waals surface area contributed by atoms with Crippen molar-refractivity contribution in [1.82, 2.24) is 10.9 Å². The molecule has 0 fully saturated rings. The Morgan fingerprint density at radius 2 is 2.00 bits per heavy atom. The summed E-state index contributed by atoms with van der Waals surface area (Å²) in [6.07, 6.45) is 0. The van der Waals surface area contributed by atoms with Gasteiger partial charge in [0, 0.05) is 12.2 Å². The van der Waals surface area contributed by atoms with Gasteiger partial charge in [0.1, 0.15) is 0 Å². The standard InChI is InChI=1S/C9H14N4O/c1-11-12-6-7-2-4-8(5-3-7)13-9(10)14/h2-5,11-12H,6H2,1H3,(H3,10,13,14). The third-order valence-electron chi connectivity index (χ3n) is 1.69. The number of anilines is 1.